The third-order valence-electron chi connectivity index (χ3n) is 1.87. The minimum atomic E-state index is -1.50. The molecule has 0 aromatic rings. The Balaban J connectivity index is -0.0000000675. The molecule has 0 aliphatic carbocycles. The van der Waals surface area contributed by atoms with Gasteiger partial charge < -0.3 is 12.5 Å². The summed E-state index contributed by atoms with van der Waals surface area (Å²) >= 11 is 0. The summed E-state index contributed by atoms with van der Waals surface area (Å²) in [4.78, 5) is 0. The van der Waals surface area contributed by atoms with E-state index in [0.29, 0.717) is 0 Å². The second-order valence-electron chi connectivity index (χ2n) is 4.38. The van der Waals surface area contributed by atoms with Crippen LogP contribution in [0.1, 0.15) is 2.85 Å². The Morgan fingerprint density at radius 3 is 1.25 bits per heavy atom. The van der Waals surface area contributed by atoms with Gasteiger partial charge in [0.05, 0.1) is 0 Å². The Kier molecular flexibility index (Phi) is 9.76. The maximum Gasteiger partial charge on any atom is 1.00 e. The molecule has 12 heavy (non-hydrogen) atoms. The van der Waals surface area contributed by atoms with Gasteiger partial charge in [0.15, 0.2) is 8.40 Å². The van der Waals surface area contributed by atoms with Crippen LogP contribution in [0.4, 0.5) is 0 Å². The van der Waals surface area contributed by atoms with Crippen LogP contribution in [-0.4, -0.2) is 27.9 Å². The zero-order valence-corrected chi connectivity index (χ0v) is 12.0. The molecule has 0 aliphatic heterocycles. The zero-order valence-electron chi connectivity index (χ0n) is 12.0. The molecule has 0 bridgehead atoms. The summed E-state index contributed by atoms with van der Waals surface area (Å²) in [6, 6.07) is 0. The molecule has 0 aromatic heterocycles. The molecule has 0 rings (SSSR count). The number of rotatable bonds is 2. The van der Waals surface area contributed by atoms with Gasteiger partial charge in [0.2, 0.25) is 0 Å². The molecular weight excluding hydrogens is 170 g/mol. The number of hydrogen-bond acceptors (Lipinski definition) is 2. The fraction of sp³-hybridized carbons (Fsp3) is 1.00. The molecule has 2 N–H and O–H groups in total. The van der Waals surface area contributed by atoms with Crippen molar-refractivity contribution in [3.63, 3.8) is 0 Å². The number of hydrogen-bond donors (Lipinski definition) is 1. The summed E-state index contributed by atoms with van der Waals surface area (Å²) in [5.41, 5.74) is 0. The topological polar surface area (TPSA) is 29.3 Å². The molecule has 0 saturated carbocycles. The maximum atomic E-state index is 6.06. The first-order valence-corrected chi connectivity index (χ1v) is 10.2. The van der Waals surface area contributed by atoms with Crippen molar-refractivity contribution in [2.45, 2.75) is 32.7 Å². The van der Waals surface area contributed by atoms with E-state index in [-0.39, 0.29) is 40.6 Å². The van der Waals surface area contributed by atoms with E-state index in [4.69, 9.17) is 5.40 Å². The number of nitrogens with two attached hydrogens (primary N) is 1. The van der Waals surface area contributed by atoms with E-state index in [1.165, 1.54) is 0 Å². The largest absolute Gasteiger partial charge is 1.00 e. The third kappa shape index (κ3) is 7.00. The van der Waals surface area contributed by atoms with Crippen molar-refractivity contribution >= 4 is 16.6 Å². The second kappa shape index (κ2) is 6.11. The van der Waals surface area contributed by atoms with Crippen molar-refractivity contribution in [3.05, 3.63) is 0 Å². The molecule has 0 amide bonds. The van der Waals surface area contributed by atoms with E-state index < -0.39 is 16.6 Å². The van der Waals surface area contributed by atoms with Crippen LogP contribution >= 0.6 is 0 Å². The average molecular weight is 192 g/mol. The van der Waals surface area contributed by atoms with Gasteiger partial charge in [-0.15, -0.1) is 0 Å². The first-order valence-electron chi connectivity index (χ1n) is 3.68. The minimum absolute atomic E-state index is 0. The van der Waals surface area contributed by atoms with Gasteiger partial charge in [0, 0.05) is 0 Å². The fourth-order valence-corrected chi connectivity index (χ4v) is 7.78. The first kappa shape index (κ1) is 19.2. The molecule has 0 heterocycles. The quantitative estimate of drug-likeness (QED) is 0.448. The van der Waals surface area contributed by atoms with E-state index in [0.717, 1.165) is 0 Å². The van der Waals surface area contributed by atoms with Crippen LogP contribution in [0.5, 0.6) is 0 Å². The van der Waals surface area contributed by atoms with E-state index in [1.54, 1.807) is 0 Å². The Labute approximate surface area is 106 Å². The van der Waals surface area contributed by atoms with Crippen LogP contribution in [-0.2, 0) is 0 Å². The maximum absolute atomic E-state index is 6.06. The average Bonchev–Trinajstić information content (AvgIpc) is 1.59. The van der Waals surface area contributed by atoms with E-state index in [9.17, 15) is 0 Å². The summed E-state index contributed by atoms with van der Waals surface area (Å²) in [7, 11) is -0.462. The van der Waals surface area contributed by atoms with Crippen molar-refractivity contribution in [1.29, 1.82) is 0 Å². The van der Waals surface area contributed by atoms with Crippen LogP contribution in [0.15, 0.2) is 0 Å². The van der Waals surface area contributed by atoms with Crippen LogP contribution < -0.4 is 43.1 Å². The standard InChI is InChI=1S/C6H20N2Si2.2Li.2H/c1-8(9(2,3)4)10(5,6)7;;;;/h7H2,1-6H3;;;;/q;2*+1;2*-1. The van der Waals surface area contributed by atoms with Gasteiger partial charge in [-0.1, -0.05) is 19.6 Å². The van der Waals surface area contributed by atoms with Crippen LogP contribution in [0.3, 0.4) is 0 Å². The molecule has 0 aliphatic rings. The fourth-order valence-electron chi connectivity index (χ4n) is 0.864. The molecule has 6 heteroatoms. The zero-order chi connectivity index (χ0) is 8.58. The van der Waals surface area contributed by atoms with Crippen molar-refractivity contribution in [2.24, 2.45) is 5.40 Å². The molecule has 0 spiro atoms. The summed E-state index contributed by atoms with van der Waals surface area (Å²) < 4.78 is 2.43. The SMILES string of the molecule is CN([Si](C)(C)C)[Si](C)(C)N.[H-].[H-].[Li+].[Li+]. The Bertz CT molecular complexity index is 114. The first-order chi connectivity index (χ1) is 4.15. The minimum Gasteiger partial charge on any atom is -1.00 e. The normalized spacial score (nSPS) is 12.0. The van der Waals surface area contributed by atoms with E-state index >= 15 is 0 Å². The predicted octanol–water partition coefficient (Wildman–Crippen LogP) is -4.35. The van der Waals surface area contributed by atoms with Gasteiger partial charge >= 0.3 is 37.7 Å². The molecule has 0 radical (unpaired) electrons. The molecule has 0 aromatic carbocycles. The van der Waals surface area contributed by atoms with Crippen LogP contribution in [0, 0.1) is 0 Å². The third-order valence-corrected chi connectivity index (χ3v) is 9.35. The van der Waals surface area contributed by atoms with Gasteiger partial charge in [0.25, 0.3) is 0 Å². The Morgan fingerprint density at radius 2 is 1.25 bits per heavy atom. The van der Waals surface area contributed by atoms with Gasteiger partial charge in [-0.3, -0.25) is 0 Å². The molecule has 0 atom stereocenters. The van der Waals surface area contributed by atoms with E-state index in [1.807, 2.05) is 0 Å². The van der Waals surface area contributed by atoms with Crippen LogP contribution in [0.2, 0.25) is 32.7 Å². The second-order valence-corrected chi connectivity index (χ2v) is 13.8. The van der Waals surface area contributed by atoms with Gasteiger partial charge in [-0.2, -0.15) is 0 Å². The molecule has 0 saturated heterocycles. The summed E-state index contributed by atoms with van der Waals surface area (Å²) in [5.74, 6) is 0. The molecular formula is C6H22Li2N2Si2. The van der Waals surface area contributed by atoms with E-state index in [2.05, 4.69) is 44.0 Å². The summed E-state index contributed by atoms with van der Waals surface area (Å²) in [6.45, 7) is 11.4. The van der Waals surface area contributed by atoms with Crippen molar-refractivity contribution in [2.75, 3.05) is 7.05 Å². The molecule has 0 fully saturated rings. The van der Waals surface area contributed by atoms with Crippen molar-refractivity contribution in [1.82, 2.24) is 4.23 Å². The van der Waals surface area contributed by atoms with Crippen LogP contribution in [0.25, 0.3) is 0 Å². The predicted molar refractivity (Wildman–Crippen MR) is 55.0 cm³/mol. The Morgan fingerprint density at radius 1 is 1.00 bits per heavy atom. The molecule has 2 nitrogen and oxygen atoms in total. The smallest absolute Gasteiger partial charge is 1.00 e. The van der Waals surface area contributed by atoms with Crippen molar-refractivity contribution in [3.8, 4) is 0 Å². The number of nitrogens with zero attached hydrogens (tertiary/aromatic N) is 1. The van der Waals surface area contributed by atoms with Gasteiger partial charge in [-0.05, 0) is 20.1 Å². The molecule has 0 unspecified atom stereocenters. The molecule has 66 valence electrons. The Hall–Kier alpha value is 1.55. The van der Waals surface area contributed by atoms with Gasteiger partial charge in [0.1, 0.15) is 8.24 Å². The monoisotopic (exact) mass is 192 g/mol. The van der Waals surface area contributed by atoms with Crippen molar-refractivity contribution < 1.29 is 40.6 Å². The van der Waals surface area contributed by atoms with Gasteiger partial charge in [-0.25, -0.2) is 0 Å². The summed E-state index contributed by atoms with van der Waals surface area (Å²) in [5, 5.41) is 6.06. The summed E-state index contributed by atoms with van der Waals surface area (Å²) in [6.07, 6.45) is 0.